The van der Waals surface area contributed by atoms with E-state index >= 15 is 0 Å². The Balaban J connectivity index is 2.21. The molecule has 0 amide bonds. The molecule has 0 spiro atoms. The van der Waals surface area contributed by atoms with Crippen LogP contribution in [0.3, 0.4) is 0 Å². The van der Waals surface area contributed by atoms with Crippen molar-refractivity contribution in [3.63, 3.8) is 0 Å². The van der Waals surface area contributed by atoms with Crippen molar-refractivity contribution >= 4 is 0 Å². The zero-order valence-corrected chi connectivity index (χ0v) is 9.63. The topological polar surface area (TPSA) is 18.5 Å². The third kappa shape index (κ3) is 4.43. The predicted molar refractivity (Wildman–Crippen MR) is 58.2 cm³/mol. The summed E-state index contributed by atoms with van der Waals surface area (Å²) in [5.41, 5.74) is 0. The van der Waals surface area contributed by atoms with Gasteiger partial charge in [-0.3, -0.25) is 0 Å². The van der Waals surface area contributed by atoms with E-state index in [1.165, 1.54) is 32.1 Å². The van der Waals surface area contributed by atoms with Gasteiger partial charge in [0.15, 0.2) is 6.29 Å². The van der Waals surface area contributed by atoms with Gasteiger partial charge >= 0.3 is 0 Å². The van der Waals surface area contributed by atoms with Crippen molar-refractivity contribution in [2.45, 2.75) is 58.7 Å². The van der Waals surface area contributed by atoms with Crippen LogP contribution < -0.4 is 0 Å². The van der Waals surface area contributed by atoms with E-state index in [9.17, 15) is 0 Å². The summed E-state index contributed by atoms with van der Waals surface area (Å²) in [5.74, 6) is 0.840. The molecule has 0 aliphatic heterocycles. The first kappa shape index (κ1) is 12.0. The van der Waals surface area contributed by atoms with Gasteiger partial charge in [0, 0.05) is 19.6 Å². The first-order chi connectivity index (χ1) is 6.86. The summed E-state index contributed by atoms with van der Waals surface area (Å²) in [6, 6.07) is 0. The Morgan fingerprint density at radius 2 is 1.57 bits per heavy atom. The Morgan fingerprint density at radius 1 is 1.00 bits per heavy atom. The molecule has 0 aromatic heterocycles. The largest absolute Gasteiger partial charge is 0.353 e. The SMILES string of the molecule is CCOC(CC1CCCCC1)OCC. The van der Waals surface area contributed by atoms with E-state index in [0.29, 0.717) is 0 Å². The molecule has 0 bridgehead atoms. The maximum atomic E-state index is 5.56. The molecule has 2 nitrogen and oxygen atoms in total. The lowest BCUT2D eigenvalue weighted by Crippen LogP contribution is -2.22. The highest BCUT2D eigenvalue weighted by molar-refractivity contribution is 4.67. The number of hydrogen-bond acceptors (Lipinski definition) is 2. The molecular weight excluding hydrogens is 176 g/mol. The summed E-state index contributed by atoms with van der Waals surface area (Å²) >= 11 is 0. The number of rotatable bonds is 6. The van der Waals surface area contributed by atoms with E-state index in [1.807, 2.05) is 13.8 Å². The molecule has 2 heteroatoms. The molecule has 1 aliphatic carbocycles. The second-order valence-electron chi connectivity index (χ2n) is 4.08. The summed E-state index contributed by atoms with van der Waals surface area (Å²) in [4.78, 5) is 0. The van der Waals surface area contributed by atoms with Crippen LogP contribution in [0.2, 0.25) is 0 Å². The molecule has 0 radical (unpaired) electrons. The van der Waals surface area contributed by atoms with E-state index in [4.69, 9.17) is 9.47 Å². The quantitative estimate of drug-likeness (QED) is 0.612. The molecule has 84 valence electrons. The van der Waals surface area contributed by atoms with E-state index in [0.717, 1.165) is 25.6 Å². The average molecular weight is 200 g/mol. The number of ether oxygens (including phenoxy) is 2. The first-order valence-electron chi connectivity index (χ1n) is 6.10. The minimum absolute atomic E-state index is 0.0492. The maximum absolute atomic E-state index is 5.56. The van der Waals surface area contributed by atoms with Gasteiger partial charge < -0.3 is 9.47 Å². The Hall–Kier alpha value is -0.0800. The molecule has 0 N–H and O–H groups in total. The summed E-state index contributed by atoms with van der Waals surface area (Å²) in [5, 5.41) is 0. The summed E-state index contributed by atoms with van der Waals surface area (Å²) < 4.78 is 11.1. The molecule has 0 aromatic carbocycles. The lowest BCUT2D eigenvalue weighted by atomic mass is 9.87. The molecule has 0 unspecified atom stereocenters. The molecule has 1 fully saturated rings. The zero-order chi connectivity index (χ0) is 10.2. The van der Waals surface area contributed by atoms with Gasteiger partial charge in [0.05, 0.1) is 0 Å². The molecule has 0 saturated heterocycles. The number of hydrogen-bond donors (Lipinski definition) is 0. The second-order valence-corrected chi connectivity index (χ2v) is 4.08. The van der Waals surface area contributed by atoms with Crippen LogP contribution in [0.15, 0.2) is 0 Å². The van der Waals surface area contributed by atoms with Crippen molar-refractivity contribution in [2.75, 3.05) is 13.2 Å². The van der Waals surface area contributed by atoms with Crippen molar-refractivity contribution in [3.8, 4) is 0 Å². The highest BCUT2D eigenvalue weighted by atomic mass is 16.7. The molecule has 14 heavy (non-hydrogen) atoms. The molecule has 0 atom stereocenters. The second kappa shape index (κ2) is 7.24. The highest BCUT2D eigenvalue weighted by Crippen LogP contribution is 2.28. The Kier molecular flexibility index (Phi) is 6.20. The molecule has 0 aromatic rings. The van der Waals surface area contributed by atoms with Crippen molar-refractivity contribution in [1.82, 2.24) is 0 Å². The normalized spacial score (nSPS) is 19.1. The third-order valence-electron chi connectivity index (χ3n) is 2.96. The van der Waals surface area contributed by atoms with Crippen molar-refractivity contribution in [3.05, 3.63) is 0 Å². The first-order valence-corrected chi connectivity index (χ1v) is 6.10. The van der Waals surface area contributed by atoms with Gasteiger partial charge in [-0.2, -0.15) is 0 Å². The van der Waals surface area contributed by atoms with Crippen molar-refractivity contribution in [2.24, 2.45) is 5.92 Å². The van der Waals surface area contributed by atoms with Crippen LogP contribution in [0.25, 0.3) is 0 Å². The van der Waals surface area contributed by atoms with Gasteiger partial charge in [-0.25, -0.2) is 0 Å². The Bertz CT molecular complexity index is 124. The van der Waals surface area contributed by atoms with Crippen LogP contribution in [0, 0.1) is 5.92 Å². The zero-order valence-electron chi connectivity index (χ0n) is 9.63. The molecule has 1 saturated carbocycles. The van der Waals surface area contributed by atoms with Crippen LogP contribution in [0.4, 0.5) is 0 Å². The van der Waals surface area contributed by atoms with Gasteiger partial charge in [-0.1, -0.05) is 32.1 Å². The van der Waals surface area contributed by atoms with Crippen molar-refractivity contribution in [1.29, 1.82) is 0 Å². The molecular formula is C12H24O2. The van der Waals surface area contributed by atoms with E-state index in [2.05, 4.69) is 0 Å². The van der Waals surface area contributed by atoms with Crippen LogP contribution in [0.1, 0.15) is 52.4 Å². The fourth-order valence-corrected chi connectivity index (χ4v) is 2.25. The average Bonchev–Trinajstić information content (AvgIpc) is 2.20. The summed E-state index contributed by atoms with van der Waals surface area (Å²) in [6.45, 7) is 5.59. The van der Waals surface area contributed by atoms with Crippen molar-refractivity contribution < 1.29 is 9.47 Å². The Morgan fingerprint density at radius 3 is 2.07 bits per heavy atom. The summed E-state index contributed by atoms with van der Waals surface area (Å²) in [7, 11) is 0. The van der Waals surface area contributed by atoms with E-state index < -0.39 is 0 Å². The summed E-state index contributed by atoms with van der Waals surface area (Å²) in [6.07, 6.45) is 8.11. The van der Waals surface area contributed by atoms with Crippen LogP contribution >= 0.6 is 0 Å². The minimum Gasteiger partial charge on any atom is -0.353 e. The van der Waals surface area contributed by atoms with Crippen LogP contribution in [0.5, 0.6) is 0 Å². The smallest absolute Gasteiger partial charge is 0.157 e. The lowest BCUT2D eigenvalue weighted by molar-refractivity contribution is -0.147. The monoisotopic (exact) mass is 200 g/mol. The molecule has 1 rings (SSSR count). The van der Waals surface area contributed by atoms with Crippen LogP contribution in [-0.2, 0) is 9.47 Å². The third-order valence-corrected chi connectivity index (χ3v) is 2.96. The van der Waals surface area contributed by atoms with E-state index in [-0.39, 0.29) is 6.29 Å². The van der Waals surface area contributed by atoms with Crippen LogP contribution in [-0.4, -0.2) is 19.5 Å². The van der Waals surface area contributed by atoms with Gasteiger partial charge in [0.25, 0.3) is 0 Å². The minimum atomic E-state index is 0.0492. The van der Waals surface area contributed by atoms with Gasteiger partial charge in [0.1, 0.15) is 0 Å². The van der Waals surface area contributed by atoms with Gasteiger partial charge in [-0.15, -0.1) is 0 Å². The lowest BCUT2D eigenvalue weighted by Gasteiger charge is -2.26. The molecule has 1 aliphatic rings. The van der Waals surface area contributed by atoms with Gasteiger partial charge in [-0.05, 0) is 19.8 Å². The standard InChI is InChI=1S/C12H24O2/c1-3-13-12(14-4-2)10-11-8-6-5-7-9-11/h11-12H,3-10H2,1-2H3. The van der Waals surface area contributed by atoms with Gasteiger partial charge in [0.2, 0.25) is 0 Å². The highest BCUT2D eigenvalue weighted by Gasteiger charge is 2.19. The Labute approximate surface area is 88.0 Å². The van der Waals surface area contributed by atoms with E-state index in [1.54, 1.807) is 0 Å². The predicted octanol–water partition coefficient (Wildman–Crippen LogP) is 3.36. The maximum Gasteiger partial charge on any atom is 0.157 e. The fraction of sp³-hybridized carbons (Fsp3) is 1.00. The molecule has 0 heterocycles. The fourth-order valence-electron chi connectivity index (χ4n) is 2.25.